The summed E-state index contributed by atoms with van der Waals surface area (Å²) < 4.78 is 49.4. The Morgan fingerprint density at radius 1 is 1.06 bits per heavy atom. The van der Waals surface area contributed by atoms with E-state index >= 15 is 0 Å². The van der Waals surface area contributed by atoms with E-state index in [4.69, 9.17) is 14.4 Å². The molecule has 12 heteroatoms. The van der Waals surface area contributed by atoms with Gasteiger partial charge in [-0.2, -0.15) is 5.26 Å². The summed E-state index contributed by atoms with van der Waals surface area (Å²) in [6.07, 6.45) is 5.36. The first-order valence-corrected chi connectivity index (χ1v) is 19.0. The lowest BCUT2D eigenvalue weighted by molar-refractivity contribution is 0.0964. The summed E-state index contributed by atoms with van der Waals surface area (Å²) in [4.78, 5) is 23.7. The number of rotatable bonds is 7. The van der Waals surface area contributed by atoms with Gasteiger partial charge in [0, 0.05) is 48.5 Å². The molecule has 2 atom stereocenters. The lowest BCUT2D eigenvalue weighted by atomic mass is 10.0. The van der Waals surface area contributed by atoms with Crippen LogP contribution in [0.1, 0.15) is 47.9 Å². The van der Waals surface area contributed by atoms with Gasteiger partial charge in [-0.25, -0.2) is 22.8 Å². The maximum absolute atomic E-state index is 13.9. The van der Waals surface area contributed by atoms with Crippen molar-refractivity contribution in [2.75, 3.05) is 24.7 Å². The number of fused-ring (bicyclic) bond motifs is 6. The Morgan fingerprint density at radius 3 is 2.54 bits per heavy atom. The fourth-order valence-electron chi connectivity index (χ4n) is 7.69. The number of nitriles is 1. The predicted octanol–water partition coefficient (Wildman–Crippen LogP) is 7.86. The van der Waals surface area contributed by atoms with E-state index in [9.17, 15) is 22.9 Å². The monoisotopic (exact) mass is 714 g/mol. The molecule has 52 heavy (non-hydrogen) atoms. The molecule has 4 aromatic heterocycles. The molecule has 1 unspecified atom stereocenters. The SMILES string of the molecule is CNC(=O)c1c(-c2ccc(F)cc2)oc2cc(N(C)S(C)(=O)=O)c(-c3ccc4nc(CC5CC[C@H](C)C5)n5c6cccc(C#N)c6cc5c4n3)cc12. The van der Waals surface area contributed by atoms with E-state index in [1.165, 1.54) is 44.8 Å². The number of pyridine rings is 1. The second-order valence-corrected chi connectivity index (χ2v) is 15.8. The number of aromatic nitrogens is 3. The average Bonchev–Trinajstić information content (AvgIpc) is 3.85. The van der Waals surface area contributed by atoms with E-state index in [1.54, 1.807) is 24.3 Å². The number of anilines is 1. The Bertz CT molecular complexity index is 2750. The summed E-state index contributed by atoms with van der Waals surface area (Å²) in [6, 6.07) is 22.6. The number of nitrogens with one attached hydrogen (secondary N) is 1. The lowest BCUT2D eigenvalue weighted by Gasteiger charge is -2.20. The molecular weight excluding hydrogens is 680 g/mol. The van der Waals surface area contributed by atoms with Crippen LogP contribution in [0.25, 0.3) is 61.0 Å². The number of hydrogen-bond donors (Lipinski definition) is 1. The Labute approximate surface area is 299 Å². The second kappa shape index (κ2) is 12.5. The first-order chi connectivity index (χ1) is 24.9. The fourth-order valence-corrected chi connectivity index (χ4v) is 8.20. The van der Waals surface area contributed by atoms with Gasteiger partial charge in [0.15, 0.2) is 0 Å². The molecule has 1 amide bonds. The number of hydrogen-bond acceptors (Lipinski definition) is 7. The largest absolute Gasteiger partial charge is 0.455 e. The van der Waals surface area contributed by atoms with Crippen LogP contribution in [0, 0.1) is 29.0 Å². The Balaban J connectivity index is 1.40. The molecule has 0 bridgehead atoms. The molecule has 8 rings (SSSR count). The number of furan rings is 1. The molecule has 262 valence electrons. The van der Waals surface area contributed by atoms with Crippen molar-refractivity contribution in [1.82, 2.24) is 19.7 Å². The Hall–Kier alpha value is -5.80. The van der Waals surface area contributed by atoms with Gasteiger partial charge in [-0.3, -0.25) is 13.5 Å². The first-order valence-electron chi connectivity index (χ1n) is 17.1. The number of benzene rings is 3. The van der Waals surface area contributed by atoms with Crippen LogP contribution in [0.3, 0.4) is 0 Å². The molecule has 1 N–H and O–H groups in total. The summed E-state index contributed by atoms with van der Waals surface area (Å²) >= 11 is 0. The highest BCUT2D eigenvalue weighted by Crippen LogP contribution is 2.42. The topological polar surface area (TPSA) is 134 Å². The van der Waals surface area contributed by atoms with E-state index in [-0.39, 0.29) is 22.6 Å². The van der Waals surface area contributed by atoms with Crippen molar-refractivity contribution < 1.29 is 22.0 Å². The lowest BCUT2D eigenvalue weighted by Crippen LogP contribution is -2.25. The third-order valence-electron chi connectivity index (χ3n) is 10.3. The van der Waals surface area contributed by atoms with E-state index in [0.717, 1.165) is 52.1 Å². The van der Waals surface area contributed by atoms with Crippen molar-refractivity contribution in [3.63, 3.8) is 0 Å². The van der Waals surface area contributed by atoms with Crippen molar-refractivity contribution in [2.45, 2.75) is 32.6 Å². The maximum Gasteiger partial charge on any atom is 0.255 e. The Kier molecular flexibility index (Phi) is 7.99. The smallest absolute Gasteiger partial charge is 0.255 e. The van der Waals surface area contributed by atoms with Crippen molar-refractivity contribution in [3.05, 3.63) is 95.6 Å². The van der Waals surface area contributed by atoms with Gasteiger partial charge in [0.05, 0.1) is 51.4 Å². The number of nitrogens with zero attached hydrogens (tertiary/aromatic N) is 5. The van der Waals surface area contributed by atoms with Crippen molar-refractivity contribution in [3.8, 4) is 28.7 Å². The number of carbonyl (C=O) groups is 1. The fraction of sp³-hybridized carbons (Fsp3) is 0.250. The minimum Gasteiger partial charge on any atom is -0.455 e. The summed E-state index contributed by atoms with van der Waals surface area (Å²) in [6.45, 7) is 2.29. The van der Waals surface area contributed by atoms with Gasteiger partial charge in [0.25, 0.3) is 5.91 Å². The number of halogens is 1. The molecule has 0 saturated heterocycles. The predicted molar refractivity (Wildman–Crippen MR) is 200 cm³/mol. The van der Waals surface area contributed by atoms with E-state index in [0.29, 0.717) is 50.6 Å². The molecule has 0 aliphatic heterocycles. The third kappa shape index (κ3) is 5.52. The van der Waals surface area contributed by atoms with Crippen LogP contribution < -0.4 is 9.62 Å². The van der Waals surface area contributed by atoms with E-state index in [1.807, 2.05) is 24.3 Å². The van der Waals surface area contributed by atoms with Crippen molar-refractivity contribution >= 4 is 60.0 Å². The normalized spacial score (nSPS) is 16.2. The maximum atomic E-state index is 13.9. The quantitative estimate of drug-likeness (QED) is 0.178. The highest BCUT2D eigenvalue weighted by molar-refractivity contribution is 7.92. The number of sulfonamides is 1. The van der Waals surface area contributed by atoms with Gasteiger partial charge in [-0.15, -0.1) is 0 Å². The summed E-state index contributed by atoms with van der Waals surface area (Å²) in [5.74, 6) is 1.42. The molecule has 7 aromatic rings. The first kappa shape index (κ1) is 33.3. The van der Waals surface area contributed by atoms with Crippen LogP contribution in [0.15, 0.2) is 77.2 Å². The van der Waals surface area contributed by atoms with Crippen LogP contribution in [0.4, 0.5) is 10.1 Å². The average molecular weight is 715 g/mol. The van der Waals surface area contributed by atoms with Crippen LogP contribution >= 0.6 is 0 Å². The second-order valence-electron chi connectivity index (χ2n) is 13.8. The molecule has 4 heterocycles. The van der Waals surface area contributed by atoms with Crippen molar-refractivity contribution in [1.29, 1.82) is 5.26 Å². The van der Waals surface area contributed by atoms with Crippen LogP contribution in [0.5, 0.6) is 0 Å². The standard InChI is InChI=1S/C40H35FN6O4S/c1-22-8-9-23(16-22)17-36-44-31-15-14-30(45-38(31)34-19-27-25(21-42)6-5-7-32(27)47(34)36)28-18-29-35(20-33(28)46(3)52(4,49)50)51-39(37(29)40(48)43-2)24-10-12-26(41)13-11-24/h5-7,10-15,18-20,22-23H,8-9,16-17H2,1-4H3,(H,43,48)/t22-,23?/m0/s1. The van der Waals surface area contributed by atoms with Crippen LogP contribution in [0.2, 0.25) is 0 Å². The molecule has 1 aliphatic carbocycles. The molecule has 0 radical (unpaired) electrons. The van der Waals surface area contributed by atoms with Crippen LogP contribution in [-0.2, 0) is 16.4 Å². The zero-order valence-electron chi connectivity index (χ0n) is 29.1. The summed E-state index contributed by atoms with van der Waals surface area (Å²) in [7, 11) is -0.810. The summed E-state index contributed by atoms with van der Waals surface area (Å²) in [5.41, 5.74) is 5.60. The van der Waals surface area contributed by atoms with Gasteiger partial charge < -0.3 is 9.73 Å². The molecule has 0 spiro atoms. The van der Waals surface area contributed by atoms with Gasteiger partial charge >= 0.3 is 0 Å². The third-order valence-corrected chi connectivity index (χ3v) is 11.5. The zero-order chi connectivity index (χ0) is 36.5. The Morgan fingerprint density at radius 2 is 1.85 bits per heavy atom. The van der Waals surface area contributed by atoms with Gasteiger partial charge in [-0.1, -0.05) is 19.4 Å². The molecule has 1 fully saturated rings. The number of carbonyl (C=O) groups excluding carboxylic acids is 1. The van der Waals surface area contributed by atoms with Gasteiger partial charge in [0.1, 0.15) is 28.5 Å². The molecule has 10 nitrogen and oxygen atoms in total. The molecule has 1 aliphatic rings. The number of amides is 1. The minimum absolute atomic E-state index is 0.217. The zero-order valence-corrected chi connectivity index (χ0v) is 29.9. The highest BCUT2D eigenvalue weighted by atomic mass is 32.2. The molecule has 1 saturated carbocycles. The molecular formula is C40H35FN6O4S. The van der Waals surface area contributed by atoms with Crippen molar-refractivity contribution in [2.24, 2.45) is 11.8 Å². The van der Waals surface area contributed by atoms with Crippen LogP contribution in [-0.4, -0.2) is 49.0 Å². The van der Waals surface area contributed by atoms with E-state index in [2.05, 4.69) is 22.7 Å². The highest BCUT2D eigenvalue weighted by Gasteiger charge is 2.28. The van der Waals surface area contributed by atoms with Gasteiger partial charge in [0.2, 0.25) is 10.0 Å². The molecule has 3 aromatic carbocycles. The summed E-state index contributed by atoms with van der Waals surface area (Å²) in [5, 5.41) is 13.9. The van der Waals surface area contributed by atoms with E-state index < -0.39 is 21.7 Å². The minimum atomic E-state index is -3.76. The van der Waals surface area contributed by atoms with Gasteiger partial charge in [-0.05, 0) is 85.3 Å².